The zero-order chi connectivity index (χ0) is 16.8. The molecule has 0 atom stereocenters. The summed E-state index contributed by atoms with van der Waals surface area (Å²) in [5.74, 6) is 0.239. The number of aromatic hydroxyl groups is 1. The number of hydrogen-bond donors (Lipinski definition) is 3. The molecule has 0 saturated heterocycles. The van der Waals surface area contributed by atoms with Crippen molar-refractivity contribution in [3.05, 3.63) is 64.1 Å². The second kappa shape index (κ2) is 7.69. The van der Waals surface area contributed by atoms with Crippen molar-refractivity contribution in [3.63, 3.8) is 0 Å². The van der Waals surface area contributed by atoms with Crippen molar-refractivity contribution in [2.75, 3.05) is 7.11 Å². The smallest absolute Gasteiger partial charge is 0.273 e. The van der Waals surface area contributed by atoms with E-state index >= 15 is 0 Å². The van der Waals surface area contributed by atoms with Gasteiger partial charge < -0.3 is 9.84 Å². The van der Waals surface area contributed by atoms with E-state index in [9.17, 15) is 9.90 Å². The lowest BCUT2D eigenvalue weighted by molar-refractivity contribution is 0.0939. The molecule has 3 N–H and O–H groups in total. The van der Waals surface area contributed by atoms with Gasteiger partial charge in [0.05, 0.1) is 18.4 Å². The molecule has 0 radical (unpaired) electrons. The number of methoxy groups -OCH3 is 1. The normalized spacial score (nSPS) is 11.0. The largest absolute Gasteiger partial charge is 0.507 e. The summed E-state index contributed by atoms with van der Waals surface area (Å²) in [6, 6.07) is 12.1. The lowest BCUT2D eigenvalue weighted by Gasteiger charge is -2.13. The number of allylic oxidation sites excluding steroid dienone is 1. The van der Waals surface area contributed by atoms with E-state index in [1.807, 2.05) is 37.3 Å². The van der Waals surface area contributed by atoms with Gasteiger partial charge in [0.2, 0.25) is 0 Å². The Kier molecular flexibility index (Phi) is 5.65. The summed E-state index contributed by atoms with van der Waals surface area (Å²) in [5, 5.41) is 9.76. The number of rotatable bonds is 5. The molecule has 23 heavy (non-hydrogen) atoms. The van der Waals surface area contributed by atoms with Gasteiger partial charge in [-0.05, 0) is 55.0 Å². The topological polar surface area (TPSA) is 70.6 Å². The highest BCUT2D eigenvalue weighted by atomic mass is 79.9. The Morgan fingerprint density at radius 1 is 1.17 bits per heavy atom. The number of phenolic OH excluding ortho intramolecular Hbond substituents is 1. The number of nitrogens with one attached hydrogen (secondary N) is 2. The van der Waals surface area contributed by atoms with Crippen LogP contribution in [0.4, 0.5) is 0 Å². The maximum atomic E-state index is 12.2. The summed E-state index contributed by atoms with van der Waals surface area (Å²) >= 11 is 3.27. The van der Waals surface area contributed by atoms with E-state index in [2.05, 4.69) is 26.8 Å². The van der Waals surface area contributed by atoms with Crippen LogP contribution >= 0.6 is 15.9 Å². The molecule has 0 aliphatic heterocycles. The first-order valence-electron chi connectivity index (χ1n) is 6.90. The van der Waals surface area contributed by atoms with Crippen molar-refractivity contribution in [2.24, 2.45) is 0 Å². The minimum Gasteiger partial charge on any atom is -0.507 e. The van der Waals surface area contributed by atoms with Crippen LogP contribution in [0.3, 0.4) is 0 Å². The fourth-order valence-electron chi connectivity index (χ4n) is 1.96. The number of phenols is 1. The van der Waals surface area contributed by atoms with Crippen molar-refractivity contribution in [3.8, 4) is 11.5 Å². The molecule has 2 aromatic carbocycles. The zero-order valence-electron chi connectivity index (χ0n) is 12.8. The van der Waals surface area contributed by atoms with Crippen LogP contribution in [0.2, 0.25) is 0 Å². The van der Waals surface area contributed by atoms with E-state index in [4.69, 9.17) is 4.74 Å². The third kappa shape index (κ3) is 4.26. The molecule has 0 bridgehead atoms. The zero-order valence-corrected chi connectivity index (χ0v) is 14.3. The lowest BCUT2D eigenvalue weighted by Crippen LogP contribution is -2.36. The van der Waals surface area contributed by atoms with Gasteiger partial charge in [0, 0.05) is 4.47 Å². The molecule has 0 aliphatic rings. The van der Waals surface area contributed by atoms with Gasteiger partial charge in [-0.2, -0.15) is 0 Å². The summed E-state index contributed by atoms with van der Waals surface area (Å²) < 4.78 is 5.83. The van der Waals surface area contributed by atoms with Crippen LogP contribution in [0, 0.1) is 0 Å². The minimum absolute atomic E-state index is 0.0843. The summed E-state index contributed by atoms with van der Waals surface area (Å²) in [7, 11) is 1.61. The molecule has 0 saturated carbocycles. The Hall–Kier alpha value is -2.47. The molecule has 0 unspecified atom stereocenters. The van der Waals surface area contributed by atoms with Gasteiger partial charge in [-0.25, -0.2) is 0 Å². The molecule has 6 heteroatoms. The number of hydrazine groups is 1. The highest BCUT2D eigenvalue weighted by molar-refractivity contribution is 9.10. The average Bonchev–Trinajstić information content (AvgIpc) is 2.58. The van der Waals surface area contributed by atoms with Gasteiger partial charge in [-0.3, -0.25) is 15.6 Å². The van der Waals surface area contributed by atoms with Gasteiger partial charge >= 0.3 is 0 Å². The average molecular weight is 377 g/mol. The predicted octanol–water partition coefficient (Wildman–Crippen LogP) is 3.46. The SMILES string of the molecule is CC=C(NNC(=O)c1cc(Br)ccc1O)c1ccc(OC)cc1. The Bertz CT molecular complexity index is 727. The second-order valence-electron chi connectivity index (χ2n) is 4.67. The number of carbonyl (C=O) groups is 1. The van der Waals surface area contributed by atoms with Crippen LogP contribution in [-0.2, 0) is 0 Å². The first-order valence-corrected chi connectivity index (χ1v) is 7.70. The first kappa shape index (κ1) is 16.9. The molecule has 0 fully saturated rings. The molecular weight excluding hydrogens is 360 g/mol. The van der Waals surface area contributed by atoms with Gasteiger partial charge in [0.15, 0.2) is 0 Å². The number of ether oxygens (including phenoxy) is 1. The van der Waals surface area contributed by atoms with E-state index in [1.54, 1.807) is 19.2 Å². The third-order valence-electron chi connectivity index (χ3n) is 3.20. The Morgan fingerprint density at radius 2 is 1.87 bits per heavy atom. The number of benzene rings is 2. The van der Waals surface area contributed by atoms with Gasteiger partial charge in [0.25, 0.3) is 5.91 Å². The van der Waals surface area contributed by atoms with Crippen molar-refractivity contribution < 1.29 is 14.6 Å². The molecule has 0 heterocycles. The van der Waals surface area contributed by atoms with Crippen LogP contribution < -0.4 is 15.6 Å². The van der Waals surface area contributed by atoms with E-state index < -0.39 is 5.91 Å². The molecule has 2 aromatic rings. The van der Waals surface area contributed by atoms with Crippen LogP contribution in [0.5, 0.6) is 11.5 Å². The van der Waals surface area contributed by atoms with E-state index in [-0.39, 0.29) is 11.3 Å². The van der Waals surface area contributed by atoms with Crippen molar-refractivity contribution in [1.82, 2.24) is 10.9 Å². The van der Waals surface area contributed by atoms with Crippen molar-refractivity contribution in [2.45, 2.75) is 6.92 Å². The van der Waals surface area contributed by atoms with Gasteiger partial charge in [-0.1, -0.05) is 22.0 Å². The second-order valence-corrected chi connectivity index (χ2v) is 5.59. The molecule has 2 rings (SSSR count). The molecule has 0 aromatic heterocycles. The standard InChI is InChI=1S/C17H17BrN2O3/c1-3-15(11-4-7-13(23-2)8-5-11)19-20-17(22)14-10-12(18)6-9-16(14)21/h3-10,19,21H,1-2H3,(H,20,22). The number of halogens is 1. The number of carbonyl (C=O) groups excluding carboxylic acids is 1. The molecule has 0 aliphatic carbocycles. The Morgan fingerprint density at radius 3 is 2.48 bits per heavy atom. The number of amides is 1. The summed E-state index contributed by atoms with van der Waals surface area (Å²) in [5.41, 5.74) is 7.24. The maximum Gasteiger partial charge on any atom is 0.273 e. The fraction of sp³-hybridized carbons (Fsp3) is 0.118. The third-order valence-corrected chi connectivity index (χ3v) is 3.70. The molecule has 0 spiro atoms. The van der Waals surface area contributed by atoms with Crippen LogP contribution in [-0.4, -0.2) is 18.1 Å². The number of hydrogen-bond acceptors (Lipinski definition) is 4. The van der Waals surface area contributed by atoms with Crippen molar-refractivity contribution in [1.29, 1.82) is 0 Å². The molecular formula is C17H17BrN2O3. The van der Waals surface area contributed by atoms with E-state index in [1.165, 1.54) is 6.07 Å². The van der Waals surface area contributed by atoms with Crippen LogP contribution in [0.15, 0.2) is 53.0 Å². The first-order chi connectivity index (χ1) is 11.0. The quantitative estimate of drug-likeness (QED) is 0.698. The summed E-state index contributed by atoms with van der Waals surface area (Å²) in [4.78, 5) is 12.2. The van der Waals surface area contributed by atoms with Gasteiger partial charge in [0.1, 0.15) is 11.5 Å². The van der Waals surface area contributed by atoms with E-state index in [0.717, 1.165) is 17.0 Å². The van der Waals surface area contributed by atoms with E-state index in [0.29, 0.717) is 4.47 Å². The minimum atomic E-state index is -0.434. The Balaban J connectivity index is 2.08. The summed E-state index contributed by atoms with van der Waals surface area (Å²) in [6.07, 6.45) is 1.84. The fourth-order valence-corrected chi connectivity index (χ4v) is 2.32. The van der Waals surface area contributed by atoms with Crippen LogP contribution in [0.1, 0.15) is 22.8 Å². The summed E-state index contributed by atoms with van der Waals surface area (Å²) in [6.45, 7) is 1.86. The van der Waals surface area contributed by atoms with Crippen LogP contribution in [0.25, 0.3) is 5.70 Å². The molecule has 120 valence electrons. The molecule has 5 nitrogen and oxygen atoms in total. The van der Waals surface area contributed by atoms with Gasteiger partial charge in [-0.15, -0.1) is 0 Å². The maximum absolute atomic E-state index is 12.2. The lowest BCUT2D eigenvalue weighted by atomic mass is 10.1. The monoisotopic (exact) mass is 376 g/mol. The predicted molar refractivity (Wildman–Crippen MR) is 93.1 cm³/mol. The highest BCUT2D eigenvalue weighted by Gasteiger charge is 2.12. The Labute approximate surface area is 143 Å². The highest BCUT2D eigenvalue weighted by Crippen LogP contribution is 2.22. The molecule has 1 amide bonds. The van der Waals surface area contributed by atoms with Crippen molar-refractivity contribution >= 4 is 27.5 Å².